The van der Waals surface area contributed by atoms with Gasteiger partial charge >= 0.3 is 0 Å². The van der Waals surface area contributed by atoms with Gasteiger partial charge in [0.25, 0.3) is 0 Å². The van der Waals surface area contributed by atoms with Crippen LogP contribution in [0.25, 0.3) is 11.0 Å². The first kappa shape index (κ1) is 13.0. The van der Waals surface area contributed by atoms with Crippen LogP contribution in [0.5, 0.6) is 0 Å². The molecule has 0 unspecified atom stereocenters. The first-order valence-corrected chi connectivity index (χ1v) is 7.09. The zero-order valence-electron chi connectivity index (χ0n) is 10.4. The molecule has 0 saturated heterocycles. The fourth-order valence-electron chi connectivity index (χ4n) is 1.87. The molecular weight excluding hydrogens is 292 g/mol. The predicted molar refractivity (Wildman–Crippen MR) is 82.7 cm³/mol. The van der Waals surface area contributed by atoms with E-state index in [1.807, 2.05) is 30.3 Å². The molecule has 0 bridgehead atoms. The SMILES string of the molecule is N=C(N)c1ccc(Sc2nc3ccccc3[nH]2)cc1Cl. The maximum absolute atomic E-state index is 7.41. The maximum Gasteiger partial charge on any atom is 0.171 e. The summed E-state index contributed by atoms with van der Waals surface area (Å²) in [6.07, 6.45) is 0. The number of nitrogen functional groups attached to an aromatic ring is 1. The Balaban J connectivity index is 1.90. The molecule has 3 aromatic rings. The summed E-state index contributed by atoms with van der Waals surface area (Å²) < 4.78 is 0. The topological polar surface area (TPSA) is 78.6 Å². The lowest BCUT2D eigenvalue weighted by Crippen LogP contribution is -2.11. The van der Waals surface area contributed by atoms with Gasteiger partial charge in [-0.1, -0.05) is 35.5 Å². The number of para-hydroxylation sites is 2. The number of H-pyrrole nitrogens is 1. The lowest BCUT2D eigenvalue weighted by Gasteiger charge is -2.04. The Kier molecular flexibility index (Phi) is 3.38. The van der Waals surface area contributed by atoms with Gasteiger partial charge in [-0.25, -0.2) is 4.98 Å². The number of fused-ring (bicyclic) bond motifs is 1. The van der Waals surface area contributed by atoms with Gasteiger partial charge in [0, 0.05) is 10.5 Å². The van der Waals surface area contributed by atoms with Crippen LogP contribution in [0.1, 0.15) is 5.56 Å². The lowest BCUT2D eigenvalue weighted by atomic mass is 10.2. The number of aromatic amines is 1. The van der Waals surface area contributed by atoms with Crippen LogP contribution in [0.15, 0.2) is 52.5 Å². The molecule has 0 amide bonds. The number of benzene rings is 2. The smallest absolute Gasteiger partial charge is 0.171 e. The van der Waals surface area contributed by atoms with Crippen LogP contribution in [0, 0.1) is 5.41 Å². The number of imidazole rings is 1. The normalized spacial score (nSPS) is 10.8. The van der Waals surface area contributed by atoms with Crippen LogP contribution in [-0.2, 0) is 0 Å². The highest BCUT2D eigenvalue weighted by Gasteiger charge is 2.08. The molecule has 2 aromatic carbocycles. The highest BCUT2D eigenvalue weighted by Crippen LogP contribution is 2.30. The Hall–Kier alpha value is -1.98. The van der Waals surface area contributed by atoms with Gasteiger partial charge < -0.3 is 10.7 Å². The van der Waals surface area contributed by atoms with Gasteiger partial charge in [-0.05, 0) is 30.3 Å². The fraction of sp³-hybridized carbons (Fsp3) is 0. The molecule has 0 atom stereocenters. The van der Waals surface area contributed by atoms with Gasteiger partial charge in [-0.2, -0.15) is 0 Å². The summed E-state index contributed by atoms with van der Waals surface area (Å²) in [5.41, 5.74) is 7.92. The molecule has 1 heterocycles. The summed E-state index contributed by atoms with van der Waals surface area (Å²) in [6, 6.07) is 13.3. The highest BCUT2D eigenvalue weighted by atomic mass is 35.5. The first-order valence-electron chi connectivity index (χ1n) is 5.90. The lowest BCUT2D eigenvalue weighted by molar-refractivity contribution is 1.08. The number of nitrogens with two attached hydrogens (primary N) is 1. The number of hydrogen-bond acceptors (Lipinski definition) is 3. The molecule has 0 aliphatic rings. The van der Waals surface area contributed by atoms with E-state index in [4.69, 9.17) is 22.7 Å². The van der Waals surface area contributed by atoms with Crippen LogP contribution in [0.2, 0.25) is 5.02 Å². The van der Waals surface area contributed by atoms with E-state index in [2.05, 4.69) is 9.97 Å². The summed E-state index contributed by atoms with van der Waals surface area (Å²) in [4.78, 5) is 8.68. The van der Waals surface area contributed by atoms with Crippen molar-refractivity contribution in [1.82, 2.24) is 9.97 Å². The van der Waals surface area contributed by atoms with Gasteiger partial charge in [-0.15, -0.1) is 0 Å². The summed E-state index contributed by atoms with van der Waals surface area (Å²) in [7, 11) is 0. The van der Waals surface area contributed by atoms with Crippen molar-refractivity contribution in [3.63, 3.8) is 0 Å². The molecule has 0 aliphatic carbocycles. The molecule has 0 fully saturated rings. The van der Waals surface area contributed by atoms with Crippen molar-refractivity contribution < 1.29 is 0 Å². The standard InChI is InChI=1S/C14H11ClN4S/c15-10-7-8(5-6-9(10)13(16)17)20-14-18-11-3-1-2-4-12(11)19-14/h1-7H,(H3,16,17)(H,18,19). The van der Waals surface area contributed by atoms with E-state index >= 15 is 0 Å². The van der Waals surface area contributed by atoms with Gasteiger partial charge in [0.15, 0.2) is 5.16 Å². The third-order valence-electron chi connectivity index (χ3n) is 2.81. The summed E-state index contributed by atoms with van der Waals surface area (Å²) in [5, 5.41) is 8.68. The molecule has 4 nitrogen and oxygen atoms in total. The number of halogens is 1. The van der Waals surface area contributed by atoms with E-state index in [1.165, 1.54) is 11.8 Å². The number of aromatic nitrogens is 2. The second-order valence-corrected chi connectivity index (χ2v) is 5.69. The van der Waals surface area contributed by atoms with Crippen molar-refractivity contribution in [2.75, 3.05) is 0 Å². The molecule has 0 aliphatic heterocycles. The second-order valence-electron chi connectivity index (χ2n) is 4.22. The molecular formula is C14H11ClN4S. The minimum Gasteiger partial charge on any atom is -0.384 e. The number of rotatable bonds is 3. The Bertz CT molecular complexity index is 764. The monoisotopic (exact) mass is 302 g/mol. The van der Waals surface area contributed by atoms with Crippen molar-refractivity contribution in [2.45, 2.75) is 10.1 Å². The van der Waals surface area contributed by atoms with Crippen LogP contribution in [-0.4, -0.2) is 15.8 Å². The maximum atomic E-state index is 7.41. The number of nitrogens with one attached hydrogen (secondary N) is 2. The van der Waals surface area contributed by atoms with E-state index in [0.29, 0.717) is 10.6 Å². The Morgan fingerprint density at radius 3 is 2.75 bits per heavy atom. The quantitative estimate of drug-likeness (QED) is 0.510. The van der Waals surface area contributed by atoms with Crippen LogP contribution in [0.4, 0.5) is 0 Å². The summed E-state index contributed by atoms with van der Waals surface area (Å²) >= 11 is 7.59. The molecule has 100 valence electrons. The van der Waals surface area contributed by atoms with E-state index in [0.717, 1.165) is 21.1 Å². The van der Waals surface area contributed by atoms with Crippen molar-refractivity contribution >= 4 is 40.2 Å². The summed E-state index contributed by atoms with van der Waals surface area (Å²) in [5.74, 6) is -0.0321. The zero-order chi connectivity index (χ0) is 14.1. The van der Waals surface area contributed by atoms with E-state index in [1.54, 1.807) is 12.1 Å². The molecule has 20 heavy (non-hydrogen) atoms. The van der Waals surface area contributed by atoms with Gasteiger partial charge in [0.05, 0.1) is 16.1 Å². The van der Waals surface area contributed by atoms with Crippen molar-refractivity contribution in [3.8, 4) is 0 Å². The third kappa shape index (κ3) is 2.50. The average molecular weight is 303 g/mol. The number of amidine groups is 1. The van der Waals surface area contributed by atoms with Crippen LogP contribution < -0.4 is 5.73 Å². The highest BCUT2D eigenvalue weighted by molar-refractivity contribution is 7.99. The van der Waals surface area contributed by atoms with E-state index in [-0.39, 0.29) is 5.84 Å². The third-order valence-corrected chi connectivity index (χ3v) is 4.00. The number of nitrogens with zero attached hydrogens (tertiary/aromatic N) is 1. The predicted octanol–water partition coefficient (Wildman–Crippen LogP) is 3.65. The Morgan fingerprint density at radius 2 is 2.05 bits per heavy atom. The molecule has 1 aromatic heterocycles. The van der Waals surface area contributed by atoms with Crippen LogP contribution >= 0.6 is 23.4 Å². The minimum absolute atomic E-state index is 0.0321. The molecule has 4 N–H and O–H groups in total. The molecule has 0 radical (unpaired) electrons. The van der Waals surface area contributed by atoms with Crippen LogP contribution in [0.3, 0.4) is 0 Å². The van der Waals surface area contributed by atoms with E-state index < -0.39 is 0 Å². The minimum atomic E-state index is -0.0321. The fourth-order valence-corrected chi connectivity index (χ4v) is 3.06. The van der Waals surface area contributed by atoms with Crippen molar-refractivity contribution in [3.05, 3.63) is 53.1 Å². The first-order chi connectivity index (χ1) is 9.63. The second kappa shape index (κ2) is 5.19. The zero-order valence-corrected chi connectivity index (χ0v) is 11.9. The largest absolute Gasteiger partial charge is 0.384 e. The molecule has 3 rings (SSSR count). The van der Waals surface area contributed by atoms with Gasteiger partial charge in [0.2, 0.25) is 0 Å². The number of hydrogen-bond donors (Lipinski definition) is 3. The molecule has 0 saturated carbocycles. The Morgan fingerprint density at radius 1 is 1.25 bits per heavy atom. The summed E-state index contributed by atoms with van der Waals surface area (Å²) in [6.45, 7) is 0. The van der Waals surface area contributed by atoms with Crippen molar-refractivity contribution in [2.24, 2.45) is 5.73 Å². The average Bonchev–Trinajstić information content (AvgIpc) is 2.80. The van der Waals surface area contributed by atoms with Gasteiger partial charge in [0.1, 0.15) is 5.84 Å². The Labute approximate surface area is 124 Å². The van der Waals surface area contributed by atoms with Gasteiger partial charge in [-0.3, -0.25) is 5.41 Å². The molecule has 6 heteroatoms. The van der Waals surface area contributed by atoms with E-state index in [9.17, 15) is 0 Å². The molecule has 0 spiro atoms. The van der Waals surface area contributed by atoms with Crippen molar-refractivity contribution in [1.29, 1.82) is 5.41 Å².